The van der Waals surface area contributed by atoms with Crippen LogP contribution < -0.4 is 4.74 Å². The molecule has 0 N–H and O–H groups in total. The summed E-state index contributed by atoms with van der Waals surface area (Å²) in [6.07, 6.45) is -4.49. The van der Waals surface area contributed by atoms with E-state index in [1.54, 1.807) is 0 Å². The molecule has 3 nitrogen and oxygen atoms in total. The van der Waals surface area contributed by atoms with Crippen LogP contribution in [0, 0.1) is 0 Å². The van der Waals surface area contributed by atoms with Gasteiger partial charge in [-0.3, -0.25) is 0 Å². The molecule has 22 heavy (non-hydrogen) atoms. The molecule has 0 aliphatic carbocycles. The largest absolute Gasteiger partial charge is 0.474 e. The van der Waals surface area contributed by atoms with Gasteiger partial charge >= 0.3 is 6.18 Å². The van der Waals surface area contributed by atoms with E-state index in [4.69, 9.17) is 9.16 Å². The van der Waals surface area contributed by atoms with Crippen LogP contribution in [-0.4, -0.2) is 26.5 Å². The highest BCUT2D eigenvalue weighted by molar-refractivity contribution is 9.10. The molecule has 0 spiro atoms. The molecule has 0 radical (unpaired) electrons. The van der Waals surface area contributed by atoms with Gasteiger partial charge in [0.25, 0.3) is 0 Å². The van der Waals surface area contributed by atoms with Crippen molar-refractivity contribution in [3.05, 3.63) is 22.3 Å². The van der Waals surface area contributed by atoms with Crippen molar-refractivity contribution < 1.29 is 22.3 Å². The number of ether oxygens (including phenoxy) is 1. The maximum Gasteiger partial charge on any atom is 0.433 e. The van der Waals surface area contributed by atoms with E-state index in [0.717, 1.165) is 6.07 Å². The van der Waals surface area contributed by atoms with Crippen LogP contribution in [0.3, 0.4) is 0 Å². The van der Waals surface area contributed by atoms with Gasteiger partial charge in [0.2, 0.25) is 5.88 Å². The Morgan fingerprint density at radius 3 is 2.23 bits per heavy atom. The summed E-state index contributed by atoms with van der Waals surface area (Å²) in [5.74, 6) is -0.0753. The lowest BCUT2D eigenvalue weighted by molar-refractivity contribution is -0.141. The Balaban J connectivity index is 2.63. The van der Waals surface area contributed by atoms with Gasteiger partial charge in [-0.05, 0) is 46.2 Å². The first-order valence-corrected chi connectivity index (χ1v) is 10.6. The number of aromatic nitrogens is 1. The predicted octanol–water partition coefficient (Wildman–Crippen LogP) is 5.26. The molecule has 0 aliphatic rings. The molecule has 1 heterocycles. The van der Waals surface area contributed by atoms with E-state index in [1.807, 2.05) is 0 Å². The van der Waals surface area contributed by atoms with E-state index in [9.17, 15) is 13.2 Å². The van der Waals surface area contributed by atoms with Crippen LogP contribution in [0.15, 0.2) is 16.6 Å². The summed E-state index contributed by atoms with van der Waals surface area (Å²) in [6, 6.07) is 2.18. The molecule has 0 saturated carbocycles. The van der Waals surface area contributed by atoms with Crippen molar-refractivity contribution in [2.45, 2.75) is 45.1 Å². The number of pyridine rings is 1. The van der Waals surface area contributed by atoms with Crippen LogP contribution in [-0.2, 0) is 10.6 Å². The average molecular weight is 400 g/mol. The van der Waals surface area contributed by atoms with Crippen molar-refractivity contribution in [1.82, 2.24) is 4.98 Å². The number of rotatable bonds is 5. The summed E-state index contributed by atoms with van der Waals surface area (Å²) in [6.45, 7) is 11.0. The Labute approximate surface area is 138 Å². The minimum atomic E-state index is -4.49. The van der Waals surface area contributed by atoms with Crippen molar-refractivity contribution >= 4 is 24.2 Å². The molecule has 0 fully saturated rings. The summed E-state index contributed by atoms with van der Waals surface area (Å²) >= 11 is 3.13. The summed E-state index contributed by atoms with van der Waals surface area (Å²) in [7, 11) is -1.89. The van der Waals surface area contributed by atoms with Gasteiger partial charge in [0, 0.05) is 0 Å². The van der Waals surface area contributed by atoms with Crippen LogP contribution in [0.25, 0.3) is 0 Å². The zero-order valence-corrected chi connectivity index (χ0v) is 15.9. The first kappa shape index (κ1) is 19.4. The van der Waals surface area contributed by atoms with E-state index >= 15 is 0 Å². The molecule has 1 rings (SSSR count). The third-order valence-electron chi connectivity index (χ3n) is 3.70. The van der Waals surface area contributed by atoms with Gasteiger partial charge in [0.15, 0.2) is 8.32 Å². The van der Waals surface area contributed by atoms with Crippen molar-refractivity contribution in [1.29, 1.82) is 0 Å². The molecule has 0 atom stereocenters. The van der Waals surface area contributed by atoms with E-state index in [2.05, 4.69) is 54.8 Å². The average Bonchev–Trinajstić information content (AvgIpc) is 2.33. The fourth-order valence-corrected chi connectivity index (χ4v) is 2.70. The molecular formula is C14H21BrF3NO2Si. The normalized spacial score (nSPS) is 13.3. The molecular weight excluding hydrogens is 379 g/mol. The summed E-state index contributed by atoms with van der Waals surface area (Å²) < 4.78 is 49.5. The third-order valence-corrected chi connectivity index (χ3v) is 8.84. The highest BCUT2D eigenvalue weighted by atomic mass is 79.9. The highest BCUT2D eigenvalue weighted by Crippen LogP contribution is 2.36. The van der Waals surface area contributed by atoms with Crippen LogP contribution in [0.1, 0.15) is 26.5 Å². The molecule has 0 aromatic carbocycles. The van der Waals surface area contributed by atoms with Gasteiger partial charge in [-0.25, -0.2) is 4.98 Å². The SMILES string of the molecule is CC(C)(C)[Si](C)(C)OCCOc1nc(C(F)(F)F)ccc1Br. The topological polar surface area (TPSA) is 31.4 Å². The molecule has 0 amide bonds. The van der Waals surface area contributed by atoms with Gasteiger partial charge in [-0.15, -0.1) is 0 Å². The maximum absolute atomic E-state index is 12.6. The summed E-state index contributed by atoms with van der Waals surface area (Å²) in [5.41, 5.74) is -0.976. The Kier molecular flexibility index (Phi) is 6.08. The van der Waals surface area contributed by atoms with Crippen LogP contribution in [0.4, 0.5) is 13.2 Å². The quantitative estimate of drug-likeness (QED) is 0.499. The van der Waals surface area contributed by atoms with Crippen molar-refractivity contribution in [2.24, 2.45) is 0 Å². The van der Waals surface area contributed by atoms with Crippen molar-refractivity contribution in [3.63, 3.8) is 0 Å². The zero-order valence-electron chi connectivity index (χ0n) is 13.3. The fourth-order valence-electron chi connectivity index (χ4n) is 1.33. The second-order valence-electron chi connectivity index (χ2n) is 6.44. The Morgan fingerprint density at radius 2 is 1.73 bits per heavy atom. The van der Waals surface area contributed by atoms with Crippen LogP contribution in [0.2, 0.25) is 18.1 Å². The molecule has 0 bridgehead atoms. The first-order chi connectivity index (χ1) is 9.84. The number of halogens is 4. The minimum absolute atomic E-state index is 0.0715. The lowest BCUT2D eigenvalue weighted by Crippen LogP contribution is -2.41. The molecule has 126 valence electrons. The van der Waals surface area contributed by atoms with E-state index < -0.39 is 20.2 Å². The van der Waals surface area contributed by atoms with Gasteiger partial charge in [0.05, 0.1) is 11.1 Å². The second-order valence-corrected chi connectivity index (χ2v) is 12.1. The number of hydrogen-bond donors (Lipinski definition) is 0. The van der Waals surface area contributed by atoms with E-state index in [0.29, 0.717) is 11.1 Å². The van der Waals surface area contributed by atoms with E-state index in [1.165, 1.54) is 6.07 Å². The lowest BCUT2D eigenvalue weighted by atomic mass is 10.2. The molecule has 8 heteroatoms. The smallest absolute Gasteiger partial charge is 0.433 e. The van der Waals surface area contributed by atoms with Crippen molar-refractivity contribution in [2.75, 3.05) is 13.2 Å². The number of alkyl halides is 3. The first-order valence-electron chi connectivity index (χ1n) is 6.85. The molecule has 1 aromatic rings. The van der Waals surface area contributed by atoms with Gasteiger partial charge in [0.1, 0.15) is 12.3 Å². The highest BCUT2D eigenvalue weighted by Gasteiger charge is 2.37. The number of nitrogens with zero attached hydrogens (tertiary/aromatic N) is 1. The third kappa shape index (κ3) is 5.24. The monoisotopic (exact) mass is 399 g/mol. The van der Waals surface area contributed by atoms with E-state index in [-0.39, 0.29) is 17.5 Å². The Hall–Kier alpha value is -0.603. The lowest BCUT2D eigenvalue weighted by Gasteiger charge is -2.36. The molecule has 0 aliphatic heterocycles. The Morgan fingerprint density at radius 1 is 1.14 bits per heavy atom. The summed E-state index contributed by atoms with van der Waals surface area (Å²) in [4.78, 5) is 3.49. The second kappa shape index (κ2) is 6.88. The minimum Gasteiger partial charge on any atom is -0.474 e. The van der Waals surface area contributed by atoms with Gasteiger partial charge in [-0.2, -0.15) is 13.2 Å². The Bertz CT molecular complexity index is 516. The van der Waals surface area contributed by atoms with Crippen LogP contribution >= 0.6 is 15.9 Å². The standard InChI is InChI=1S/C14H21BrF3NO2Si/c1-13(2,3)22(4,5)21-9-8-20-12-10(15)6-7-11(19-12)14(16,17)18/h6-7H,8-9H2,1-5H3. The van der Waals surface area contributed by atoms with Gasteiger partial charge < -0.3 is 9.16 Å². The zero-order chi connectivity index (χ0) is 17.2. The predicted molar refractivity (Wildman–Crippen MR) is 85.6 cm³/mol. The van der Waals surface area contributed by atoms with Crippen molar-refractivity contribution in [3.8, 4) is 5.88 Å². The molecule has 0 saturated heterocycles. The molecule has 0 unspecified atom stereocenters. The summed E-state index contributed by atoms with van der Waals surface area (Å²) in [5, 5.41) is 0.0715. The molecule has 1 aromatic heterocycles. The van der Waals surface area contributed by atoms with Gasteiger partial charge in [-0.1, -0.05) is 20.8 Å². The number of hydrogen-bond acceptors (Lipinski definition) is 3. The fraction of sp³-hybridized carbons (Fsp3) is 0.643. The maximum atomic E-state index is 12.6. The van der Waals surface area contributed by atoms with Crippen LogP contribution in [0.5, 0.6) is 5.88 Å².